The molecule has 9 nitrogen and oxygen atoms in total. The normalized spacial score (nSPS) is 23.8. The molecule has 2 aliphatic heterocycles. The lowest BCUT2D eigenvalue weighted by atomic mass is 9.66. The number of carboxylic acids is 2. The van der Waals surface area contributed by atoms with Crippen LogP contribution in [0, 0.1) is 12.3 Å². The quantitative estimate of drug-likeness (QED) is 0.327. The number of aliphatic carboxylic acids is 2. The molecule has 3 atom stereocenters. The van der Waals surface area contributed by atoms with Crippen molar-refractivity contribution < 1.29 is 55.7 Å². The molecule has 0 radical (unpaired) electrons. The zero-order valence-electron chi connectivity index (χ0n) is 24.9. The number of carbonyl (C=O) groups is 4. The van der Waals surface area contributed by atoms with Crippen molar-refractivity contribution in [2.24, 2.45) is 5.41 Å². The Morgan fingerprint density at radius 1 is 0.911 bits per heavy atom. The monoisotopic (exact) mass is 643 g/mol. The van der Waals surface area contributed by atoms with Crippen LogP contribution in [0.25, 0.3) is 0 Å². The van der Waals surface area contributed by atoms with Crippen LogP contribution in [-0.2, 0) is 32.3 Å². The zero-order valence-corrected chi connectivity index (χ0v) is 24.9. The van der Waals surface area contributed by atoms with Crippen molar-refractivity contribution in [1.29, 1.82) is 0 Å². The standard InChI is InChI=1S/C30H31F6N3O6/c1-16-8-6-7-9-21(16)27(4)26(3)15-28(23(41)42,24(43)44)22(40)38(26)10-11-39(27)25(45)37(5)17(2)18-12-19(29(31,32)33)14-20(13-18)30(34,35)36/h6-9,12-14,17H,10-11,15H2,1-5H3,(H,41,42)(H,43,44)/t17-,26?,27?/m1/s1. The van der Waals surface area contributed by atoms with E-state index in [9.17, 15) is 55.7 Å². The molecule has 4 rings (SSSR count). The number of alkyl halides is 6. The number of carbonyl (C=O) groups excluding carboxylic acids is 2. The maximum absolute atomic E-state index is 14.3. The number of nitrogens with zero attached hydrogens (tertiary/aromatic N) is 3. The maximum atomic E-state index is 14.3. The van der Waals surface area contributed by atoms with Gasteiger partial charge in [0.25, 0.3) is 5.91 Å². The molecule has 2 aliphatic rings. The molecule has 2 aromatic carbocycles. The molecule has 2 saturated heterocycles. The zero-order chi connectivity index (χ0) is 34.1. The van der Waals surface area contributed by atoms with E-state index >= 15 is 0 Å². The summed E-state index contributed by atoms with van der Waals surface area (Å²) in [6.07, 6.45) is -11.0. The van der Waals surface area contributed by atoms with E-state index in [0.29, 0.717) is 23.3 Å². The Bertz CT molecular complexity index is 1530. The second-order valence-corrected chi connectivity index (χ2v) is 11.9. The summed E-state index contributed by atoms with van der Waals surface area (Å²) in [5, 5.41) is 20.0. The molecular weight excluding hydrogens is 612 g/mol. The number of aryl methyl sites for hydroxylation is 1. The average Bonchev–Trinajstić information content (AvgIpc) is 3.20. The summed E-state index contributed by atoms with van der Waals surface area (Å²) in [5.41, 5.74) is -8.61. The number of piperazine rings is 1. The number of fused-ring (bicyclic) bond motifs is 1. The Morgan fingerprint density at radius 2 is 1.42 bits per heavy atom. The Balaban J connectivity index is 1.86. The molecule has 2 unspecified atom stereocenters. The van der Waals surface area contributed by atoms with E-state index in [4.69, 9.17) is 0 Å². The SMILES string of the molecule is Cc1ccccc1C1(C)N(C(=O)N(C)[C@H](C)c2cc(C(F)(F)F)cc(C(F)(F)F)c2)CCN2C(=O)C(C(=O)O)(C(=O)O)CC21C. The first kappa shape index (κ1) is 33.6. The van der Waals surface area contributed by atoms with Gasteiger partial charge in [0.05, 0.1) is 28.2 Å². The molecule has 2 N–H and O–H groups in total. The first-order valence-corrected chi connectivity index (χ1v) is 13.7. The van der Waals surface area contributed by atoms with Crippen LogP contribution in [0.4, 0.5) is 31.1 Å². The van der Waals surface area contributed by atoms with Crippen LogP contribution in [0.1, 0.15) is 61.1 Å². The van der Waals surface area contributed by atoms with Crippen LogP contribution < -0.4 is 0 Å². The number of rotatable bonds is 5. The van der Waals surface area contributed by atoms with E-state index in [1.165, 1.54) is 32.7 Å². The Kier molecular flexibility index (Phi) is 7.95. The molecule has 2 aromatic rings. The topological polar surface area (TPSA) is 118 Å². The van der Waals surface area contributed by atoms with Gasteiger partial charge in [0.15, 0.2) is 0 Å². The lowest BCUT2D eigenvalue weighted by molar-refractivity contribution is -0.168. The second-order valence-electron chi connectivity index (χ2n) is 11.9. The molecule has 3 amide bonds. The van der Waals surface area contributed by atoms with Gasteiger partial charge in [0, 0.05) is 26.6 Å². The van der Waals surface area contributed by atoms with Crippen LogP contribution in [0.3, 0.4) is 0 Å². The van der Waals surface area contributed by atoms with Crippen LogP contribution in [0.15, 0.2) is 42.5 Å². The maximum Gasteiger partial charge on any atom is 0.416 e. The van der Waals surface area contributed by atoms with Crippen molar-refractivity contribution in [3.05, 3.63) is 70.3 Å². The van der Waals surface area contributed by atoms with Crippen molar-refractivity contribution in [3.8, 4) is 0 Å². The summed E-state index contributed by atoms with van der Waals surface area (Å²) < 4.78 is 81.5. The van der Waals surface area contributed by atoms with Gasteiger partial charge in [-0.2, -0.15) is 26.3 Å². The summed E-state index contributed by atoms with van der Waals surface area (Å²) in [7, 11) is 1.20. The van der Waals surface area contributed by atoms with Crippen LogP contribution >= 0.6 is 0 Å². The third kappa shape index (κ3) is 4.96. The molecule has 0 bridgehead atoms. The van der Waals surface area contributed by atoms with E-state index in [1.54, 1.807) is 31.2 Å². The predicted molar refractivity (Wildman–Crippen MR) is 146 cm³/mol. The highest BCUT2D eigenvalue weighted by atomic mass is 19.4. The Labute approximate surface area is 254 Å². The van der Waals surface area contributed by atoms with E-state index in [1.807, 2.05) is 0 Å². The Hall–Kier alpha value is -4.30. The molecular formula is C30H31F6N3O6. The molecule has 2 heterocycles. The van der Waals surface area contributed by atoms with Gasteiger partial charge in [0.1, 0.15) is 0 Å². The van der Waals surface area contributed by atoms with E-state index in [2.05, 4.69) is 0 Å². The number of benzene rings is 2. The summed E-state index contributed by atoms with van der Waals surface area (Å²) >= 11 is 0. The van der Waals surface area contributed by atoms with Gasteiger partial charge < -0.3 is 24.9 Å². The first-order valence-electron chi connectivity index (χ1n) is 13.7. The second kappa shape index (κ2) is 10.7. The lowest BCUT2D eigenvalue weighted by Crippen LogP contribution is -2.72. The fraction of sp³-hybridized carbons (Fsp3) is 0.467. The molecule has 15 heteroatoms. The van der Waals surface area contributed by atoms with Crippen LogP contribution in [0.2, 0.25) is 0 Å². The highest BCUT2D eigenvalue weighted by molar-refractivity contribution is 6.20. The number of hydrogen-bond donors (Lipinski definition) is 2. The molecule has 45 heavy (non-hydrogen) atoms. The minimum Gasteiger partial charge on any atom is -0.480 e. The van der Waals surface area contributed by atoms with Crippen molar-refractivity contribution in [1.82, 2.24) is 14.7 Å². The molecule has 0 spiro atoms. The Morgan fingerprint density at radius 3 is 1.89 bits per heavy atom. The number of carboxylic acid groups (broad SMARTS) is 2. The summed E-state index contributed by atoms with van der Waals surface area (Å²) in [6, 6.07) is 5.52. The number of urea groups is 1. The van der Waals surface area contributed by atoms with Crippen LogP contribution in [-0.4, -0.2) is 74.5 Å². The predicted octanol–water partition coefficient (Wildman–Crippen LogP) is 5.52. The fourth-order valence-corrected chi connectivity index (χ4v) is 6.71. The summed E-state index contributed by atoms with van der Waals surface area (Å²) in [4.78, 5) is 55.9. The fourth-order valence-electron chi connectivity index (χ4n) is 6.71. The highest BCUT2D eigenvalue weighted by Crippen LogP contribution is 2.56. The largest absolute Gasteiger partial charge is 0.480 e. The van der Waals surface area contributed by atoms with Crippen molar-refractivity contribution in [2.45, 2.75) is 63.6 Å². The van der Waals surface area contributed by atoms with Gasteiger partial charge in [-0.3, -0.25) is 14.4 Å². The van der Waals surface area contributed by atoms with Crippen molar-refractivity contribution >= 4 is 23.9 Å². The highest BCUT2D eigenvalue weighted by Gasteiger charge is 2.73. The van der Waals surface area contributed by atoms with Gasteiger partial charge in [-0.05, 0) is 62.6 Å². The average molecular weight is 644 g/mol. The minimum absolute atomic E-state index is 0.0123. The van der Waals surface area contributed by atoms with Gasteiger partial charge in [-0.25, -0.2) is 4.79 Å². The molecule has 0 aliphatic carbocycles. The first-order chi connectivity index (χ1) is 20.5. The summed E-state index contributed by atoms with van der Waals surface area (Å²) in [5.74, 6) is -4.92. The molecule has 2 fully saturated rings. The van der Waals surface area contributed by atoms with Crippen LogP contribution in [0.5, 0.6) is 0 Å². The molecule has 244 valence electrons. The third-order valence-electron chi connectivity index (χ3n) is 9.56. The van der Waals surface area contributed by atoms with Gasteiger partial charge in [-0.15, -0.1) is 0 Å². The minimum atomic E-state index is -5.11. The number of halogens is 6. The van der Waals surface area contributed by atoms with Gasteiger partial charge in [0.2, 0.25) is 5.41 Å². The number of amides is 3. The van der Waals surface area contributed by atoms with Gasteiger partial charge >= 0.3 is 30.3 Å². The summed E-state index contributed by atoms with van der Waals surface area (Å²) in [6.45, 7) is 5.42. The lowest BCUT2D eigenvalue weighted by Gasteiger charge is -2.59. The third-order valence-corrected chi connectivity index (χ3v) is 9.56. The molecule has 0 saturated carbocycles. The van der Waals surface area contributed by atoms with Crippen molar-refractivity contribution in [3.63, 3.8) is 0 Å². The van der Waals surface area contributed by atoms with E-state index in [-0.39, 0.29) is 19.2 Å². The number of hydrogen-bond acceptors (Lipinski definition) is 4. The van der Waals surface area contributed by atoms with Gasteiger partial charge in [-0.1, -0.05) is 24.3 Å². The van der Waals surface area contributed by atoms with E-state index in [0.717, 1.165) is 9.80 Å². The van der Waals surface area contributed by atoms with E-state index < -0.39 is 81.9 Å². The molecule has 0 aromatic heterocycles. The smallest absolute Gasteiger partial charge is 0.416 e. The van der Waals surface area contributed by atoms with Crippen molar-refractivity contribution in [2.75, 3.05) is 20.1 Å².